The van der Waals surface area contributed by atoms with E-state index in [1.54, 1.807) is 0 Å². The molecular weight excluding hydrogens is 631 g/mol. The third kappa shape index (κ3) is 3.96. The van der Waals surface area contributed by atoms with Gasteiger partial charge in [-0.2, -0.15) is 0 Å². The molecule has 11 rings (SSSR count). The summed E-state index contributed by atoms with van der Waals surface area (Å²) in [6, 6.07) is 59.0. The summed E-state index contributed by atoms with van der Waals surface area (Å²) in [5.74, 6) is 0.678. The highest BCUT2D eigenvalue weighted by atomic mass is 15.2. The second-order valence-corrected chi connectivity index (χ2v) is 14.5. The Morgan fingerprint density at radius 1 is 0.481 bits per heavy atom. The van der Waals surface area contributed by atoms with Crippen LogP contribution in [0.1, 0.15) is 25.0 Å². The van der Waals surface area contributed by atoms with Crippen molar-refractivity contribution in [2.75, 3.05) is 0 Å². The van der Waals surface area contributed by atoms with Gasteiger partial charge in [0, 0.05) is 32.7 Å². The second-order valence-electron chi connectivity index (χ2n) is 14.5. The zero-order valence-corrected chi connectivity index (χ0v) is 28.9. The van der Waals surface area contributed by atoms with Crippen molar-refractivity contribution in [2.45, 2.75) is 19.3 Å². The summed E-state index contributed by atoms with van der Waals surface area (Å²) in [6.07, 6.45) is 0. The molecule has 1 aliphatic carbocycles. The predicted molar refractivity (Wildman–Crippen MR) is 217 cm³/mol. The molecule has 0 spiro atoms. The van der Waals surface area contributed by atoms with E-state index >= 15 is 0 Å². The molecule has 0 aliphatic heterocycles. The molecule has 10 aromatic rings. The molecule has 0 amide bonds. The lowest BCUT2D eigenvalue weighted by atomic mass is 9.79. The summed E-state index contributed by atoms with van der Waals surface area (Å²) in [5, 5.41) is 8.55. The Labute approximate surface area is 301 Å². The molecule has 0 radical (unpaired) electrons. The van der Waals surface area contributed by atoms with Crippen LogP contribution in [-0.2, 0) is 5.41 Å². The van der Waals surface area contributed by atoms with Crippen molar-refractivity contribution >= 4 is 54.3 Å². The maximum atomic E-state index is 5.52. The van der Waals surface area contributed by atoms with Crippen LogP contribution in [0.5, 0.6) is 0 Å². The van der Waals surface area contributed by atoms with Gasteiger partial charge in [-0.15, -0.1) is 0 Å². The molecular formula is C49H33N3. The number of rotatable bonds is 3. The Bertz CT molecular complexity index is 3090. The van der Waals surface area contributed by atoms with Gasteiger partial charge in [-0.3, -0.25) is 4.57 Å². The first-order valence-electron chi connectivity index (χ1n) is 18.0. The van der Waals surface area contributed by atoms with E-state index in [1.165, 1.54) is 71.2 Å². The SMILES string of the molecule is CC1(C)c2ccccc2-c2c1c1ccccc1c1c3ccccc3n(-c3nc(-c4ccc(-c5cccc6ccccc56)cc4)c4ccccc4n3)c21. The molecule has 0 bridgehead atoms. The van der Waals surface area contributed by atoms with E-state index in [0.29, 0.717) is 5.95 Å². The summed E-state index contributed by atoms with van der Waals surface area (Å²) in [6.45, 7) is 4.74. The van der Waals surface area contributed by atoms with Crippen molar-refractivity contribution in [1.29, 1.82) is 0 Å². The molecule has 244 valence electrons. The quantitative estimate of drug-likeness (QED) is 0.188. The van der Waals surface area contributed by atoms with E-state index < -0.39 is 0 Å². The Hall–Kier alpha value is -6.58. The lowest BCUT2D eigenvalue weighted by molar-refractivity contribution is 0.666. The van der Waals surface area contributed by atoms with Gasteiger partial charge in [0.15, 0.2) is 0 Å². The molecule has 0 atom stereocenters. The molecule has 0 saturated heterocycles. The van der Waals surface area contributed by atoms with E-state index in [9.17, 15) is 0 Å². The largest absolute Gasteiger partial charge is 0.277 e. The third-order valence-corrected chi connectivity index (χ3v) is 11.4. The smallest absolute Gasteiger partial charge is 0.235 e. The maximum Gasteiger partial charge on any atom is 0.235 e. The van der Waals surface area contributed by atoms with Crippen molar-refractivity contribution in [1.82, 2.24) is 14.5 Å². The molecule has 3 nitrogen and oxygen atoms in total. The molecule has 2 heterocycles. The zero-order valence-electron chi connectivity index (χ0n) is 28.9. The molecule has 3 heteroatoms. The van der Waals surface area contributed by atoms with Crippen molar-refractivity contribution in [3.8, 4) is 39.5 Å². The van der Waals surface area contributed by atoms with Crippen LogP contribution in [0.2, 0.25) is 0 Å². The number of aromatic nitrogens is 3. The van der Waals surface area contributed by atoms with Gasteiger partial charge in [0.2, 0.25) is 5.95 Å². The molecule has 1 aliphatic rings. The van der Waals surface area contributed by atoms with Crippen LogP contribution in [0.3, 0.4) is 0 Å². The number of para-hydroxylation sites is 2. The van der Waals surface area contributed by atoms with Crippen LogP contribution in [0.25, 0.3) is 93.7 Å². The van der Waals surface area contributed by atoms with E-state index in [2.05, 4.69) is 182 Å². The molecule has 0 fully saturated rings. The van der Waals surface area contributed by atoms with Gasteiger partial charge in [-0.1, -0.05) is 166 Å². The van der Waals surface area contributed by atoms with E-state index in [0.717, 1.165) is 27.7 Å². The highest BCUT2D eigenvalue weighted by Crippen LogP contribution is 2.56. The first-order valence-corrected chi connectivity index (χ1v) is 18.0. The van der Waals surface area contributed by atoms with Crippen LogP contribution >= 0.6 is 0 Å². The average Bonchev–Trinajstić information content (AvgIpc) is 3.67. The summed E-state index contributed by atoms with van der Waals surface area (Å²) in [5.41, 5.74) is 12.7. The average molecular weight is 664 g/mol. The van der Waals surface area contributed by atoms with Gasteiger partial charge < -0.3 is 0 Å². The van der Waals surface area contributed by atoms with Crippen molar-refractivity contribution in [3.63, 3.8) is 0 Å². The molecule has 0 unspecified atom stereocenters. The highest BCUT2D eigenvalue weighted by molar-refractivity contribution is 6.27. The Morgan fingerprint density at radius 3 is 1.94 bits per heavy atom. The minimum atomic E-state index is -0.178. The fourth-order valence-electron chi connectivity index (χ4n) is 9.09. The summed E-state index contributed by atoms with van der Waals surface area (Å²) in [4.78, 5) is 10.9. The number of hydrogen-bond acceptors (Lipinski definition) is 2. The minimum absolute atomic E-state index is 0.178. The van der Waals surface area contributed by atoms with Gasteiger partial charge in [0.1, 0.15) is 0 Å². The number of fused-ring (bicyclic) bond motifs is 12. The first-order chi connectivity index (χ1) is 25.6. The third-order valence-electron chi connectivity index (χ3n) is 11.4. The van der Waals surface area contributed by atoms with Crippen LogP contribution < -0.4 is 0 Å². The van der Waals surface area contributed by atoms with Crippen LogP contribution in [0.15, 0.2) is 164 Å². The molecule has 0 saturated carbocycles. The summed E-state index contributed by atoms with van der Waals surface area (Å²) < 4.78 is 2.34. The van der Waals surface area contributed by atoms with Gasteiger partial charge >= 0.3 is 0 Å². The topological polar surface area (TPSA) is 30.7 Å². The normalized spacial score (nSPS) is 13.3. The Balaban J connectivity index is 1.22. The van der Waals surface area contributed by atoms with Gasteiger partial charge in [0.25, 0.3) is 0 Å². The highest BCUT2D eigenvalue weighted by Gasteiger charge is 2.40. The van der Waals surface area contributed by atoms with Crippen LogP contribution in [0.4, 0.5) is 0 Å². The van der Waals surface area contributed by atoms with Crippen molar-refractivity contribution < 1.29 is 0 Å². The maximum absolute atomic E-state index is 5.52. The Morgan fingerprint density at radius 2 is 1.10 bits per heavy atom. The van der Waals surface area contributed by atoms with Crippen LogP contribution in [-0.4, -0.2) is 14.5 Å². The van der Waals surface area contributed by atoms with E-state index in [4.69, 9.17) is 9.97 Å². The summed E-state index contributed by atoms with van der Waals surface area (Å²) in [7, 11) is 0. The van der Waals surface area contributed by atoms with E-state index in [-0.39, 0.29) is 5.41 Å². The van der Waals surface area contributed by atoms with Crippen molar-refractivity contribution in [3.05, 3.63) is 175 Å². The summed E-state index contributed by atoms with van der Waals surface area (Å²) >= 11 is 0. The fourth-order valence-corrected chi connectivity index (χ4v) is 9.09. The van der Waals surface area contributed by atoms with Gasteiger partial charge in [-0.05, 0) is 61.5 Å². The predicted octanol–water partition coefficient (Wildman–Crippen LogP) is 12.7. The standard InChI is InChI=1S/C49H33N3/c1-49(2)40-23-10-7-19-37(40)44-45(49)36-18-6-5-17-35(36)43-39-21-9-12-25-42(39)52(47(43)44)48-50-41-24-11-8-20-38(41)46(51-48)32-28-26-31(27-29-32)34-22-13-15-30-14-3-4-16-33(30)34/h3-29H,1-2H3. The fraction of sp³-hybridized carbons (Fsp3) is 0.0612. The number of benzene rings is 8. The van der Waals surface area contributed by atoms with E-state index in [1.807, 2.05) is 0 Å². The first kappa shape index (κ1) is 29.2. The van der Waals surface area contributed by atoms with Gasteiger partial charge in [0.05, 0.1) is 22.2 Å². The van der Waals surface area contributed by atoms with Crippen LogP contribution in [0, 0.1) is 0 Å². The molecule has 52 heavy (non-hydrogen) atoms. The lowest BCUT2D eigenvalue weighted by Gasteiger charge is -2.23. The molecule has 0 N–H and O–H groups in total. The molecule has 2 aromatic heterocycles. The minimum Gasteiger partial charge on any atom is -0.277 e. The lowest BCUT2D eigenvalue weighted by Crippen LogP contribution is -2.15. The second kappa shape index (κ2) is 10.7. The zero-order chi connectivity index (χ0) is 34.6. The number of hydrogen-bond donors (Lipinski definition) is 0. The van der Waals surface area contributed by atoms with Gasteiger partial charge in [-0.25, -0.2) is 9.97 Å². The molecule has 8 aromatic carbocycles. The monoisotopic (exact) mass is 663 g/mol. The van der Waals surface area contributed by atoms with Crippen molar-refractivity contribution in [2.24, 2.45) is 0 Å². The Kier molecular flexibility index (Phi) is 6.01. The number of nitrogens with zero attached hydrogens (tertiary/aromatic N) is 3.